The molecule has 6 nitrogen and oxygen atoms in total. The monoisotopic (exact) mass is 373 g/mol. The minimum absolute atomic E-state index is 0.226. The normalized spacial score (nSPS) is 20.0. The maximum atomic E-state index is 12.4. The number of amides is 1. The van der Waals surface area contributed by atoms with Gasteiger partial charge in [-0.15, -0.1) is 0 Å². The number of benzene rings is 1. The van der Waals surface area contributed by atoms with E-state index in [9.17, 15) is 4.79 Å². The lowest BCUT2D eigenvalue weighted by Gasteiger charge is -2.30. The lowest BCUT2D eigenvalue weighted by molar-refractivity contribution is 0.0943. The van der Waals surface area contributed by atoms with Crippen molar-refractivity contribution in [2.45, 2.75) is 59.0 Å². The first-order chi connectivity index (χ1) is 12.5. The van der Waals surface area contributed by atoms with Crippen molar-refractivity contribution in [1.82, 2.24) is 25.7 Å². The minimum atomic E-state index is -0.226. The van der Waals surface area contributed by atoms with Crippen molar-refractivity contribution in [3.8, 4) is 0 Å². The number of aromatic nitrogens is 2. The van der Waals surface area contributed by atoms with Gasteiger partial charge in [0.05, 0.1) is 11.0 Å². The number of imidazole rings is 1. The fourth-order valence-electron chi connectivity index (χ4n) is 3.71. The van der Waals surface area contributed by atoms with Crippen LogP contribution in [0.25, 0.3) is 11.0 Å². The van der Waals surface area contributed by atoms with E-state index in [2.05, 4.69) is 39.6 Å². The average Bonchev–Trinajstić information content (AvgIpc) is 2.95. The van der Waals surface area contributed by atoms with Crippen LogP contribution in [-0.4, -0.2) is 26.6 Å². The highest BCUT2D eigenvalue weighted by Crippen LogP contribution is 2.23. The Morgan fingerprint density at radius 1 is 1.31 bits per heavy atom. The number of carbonyl (C=O) groups excluding carboxylic acids is 1. The number of aryl methyl sites for hydroxylation is 2. The molecule has 26 heavy (non-hydrogen) atoms. The Labute approximate surface area is 159 Å². The van der Waals surface area contributed by atoms with E-state index >= 15 is 0 Å². The number of hydrogen-bond acceptors (Lipinski definition) is 3. The van der Waals surface area contributed by atoms with Crippen molar-refractivity contribution in [2.75, 3.05) is 0 Å². The zero-order valence-corrected chi connectivity index (χ0v) is 16.4. The molecule has 1 aromatic heterocycles. The molecular weight excluding hydrogens is 346 g/mol. The molecule has 7 heteroatoms. The molecule has 1 fully saturated rings. The van der Waals surface area contributed by atoms with E-state index < -0.39 is 0 Å². The van der Waals surface area contributed by atoms with Gasteiger partial charge < -0.3 is 9.88 Å². The molecule has 3 rings (SSSR count). The Balaban J connectivity index is 1.59. The van der Waals surface area contributed by atoms with E-state index in [0.29, 0.717) is 22.6 Å². The lowest BCUT2D eigenvalue weighted by Crippen LogP contribution is -2.51. The summed E-state index contributed by atoms with van der Waals surface area (Å²) < 4.78 is 2.12. The highest BCUT2D eigenvalue weighted by Gasteiger charge is 2.21. The predicted molar refractivity (Wildman–Crippen MR) is 108 cm³/mol. The van der Waals surface area contributed by atoms with E-state index in [1.165, 1.54) is 19.3 Å². The van der Waals surface area contributed by atoms with Crippen LogP contribution in [0.15, 0.2) is 18.2 Å². The first-order valence-electron chi connectivity index (χ1n) is 9.33. The topological polar surface area (TPSA) is 71.0 Å². The van der Waals surface area contributed by atoms with Crippen LogP contribution in [0.4, 0.5) is 0 Å². The number of nitrogens with zero attached hydrogens (tertiary/aromatic N) is 2. The summed E-state index contributed by atoms with van der Waals surface area (Å²) in [4.78, 5) is 16.9. The lowest BCUT2D eigenvalue weighted by atomic mass is 9.86. The van der Waals surface area contributed by atoms with Crippen LogP contribution in [0.5, 0.6) is 0 Å². The fraction of sp³-hybridized carbons (Fsp3) is 0.526. The molecule has 0 saturated heterocycles. The van der Waals surface area contributed by atoms with Crippen molar-refractivity contribution in [2.24, 2.45) is 5.92 Å². The molecule has 0 radical (unpaired) electrons. The molecule has 1 amide bonds. The summed E-state index contributed by atoms with van der Waals surface area (Å²) >= 11 is 5.32. The van der Waals surface area contributed by atoms with Crippen LogP contribution in [0.2, 0.25) is 0 Å². The number of nitrogens with one attached hydrogen (secondary N) is 3. The Hall–Kier alpha value is -2.15. The molecule has 1 aliphatic carbocycles. The van der Waals surface area contributed by atoms with Crippen LogP contribution in [0.3, 0.4) is 0 Å². The van der Waals surface area contributed by atoms with E-state index in [4.69, 9.17) is 12.2 Å². The summed E-state index contributed by atoms with van der Waals surface area (Å²) in [7, 11) is 0. The van der Waals surface area contributed by atoms with Gasteiger partial charge >= 0.3 is 0 Å². The van der Waals surface area contributed by atoms with Gasteiger partial charge in [-0.3, -0.25) is 15.6 Å². The van der Waals surface area contributed by atoms with Crippen molar-refractivity contribution in [3.05, 3.63) is 29.6 Å². The molecule has 2 aromatic rings. The third-order valence-electron chi connectivity index (χ3n) is 5.24. The number of hydrogen-bond donors (Lipinski definition) is 3. The van der Waals surface area contributed by atoms with E-state index in [1.807, 2.05) is 25.1 Å². The van der Waals surface area contributed by atoms with Gasteiger partial charge in [0.15, 0.2) is 5.11 Å². The number of rotatable bonds is 3. The third kappa shape index (κ3) is 3.98. The number of thiocarbonyl (C=S) groups is 1. The van der Waals surface area contributed by atoms with Gasteiger partial charge in [0.25, 0.3) is 5.91 Å². The van der Waals surface area contributed by atoms with Crippen molar-refractivity contribution in [3.63, 3.8) is 0 Å². The summed E-state index contributed by atoms with van der Waals surface area (Å²) in [5.41, 5.74) is 7.92. The molecule has 0 aliphatic heterocycles. The molecular formula is C19H27N5OS. The van der Waals surface area contributed by atoms with Gasteiger partial charge in [0.2, 0.25) is 0 Å². The molecule has 0 bridgehead atoms. The van der Waals surface area contributed by atoms with Crippen LogP contribution >= 0.6 is 12.2 Å². The van der Waals surface area contributed by atoms with Crippen LogP contribution in [0, 0.1) is 12.8 Å². The summed E-state index contributed by atoms with van der Waals surface area (Å²) in [6.07, 6.45) is 4.84. The minimum Gasteiger partial charge on any atom is -0.358 e. The molecule has 1 heterocycles. The molecule has 0 spiro atoms. The average molecular weight is 374 g/mol. The quantitative estimate of drug-likeness (QED) is 0.570. The van der Waals surface area contributed by atoms with E-state index in [1.54, 1.807) is 0 Å². The third-order valence-corrected chi connectivity index (χ3v) is 5.45. The second-order valence-electron chi connectivity index (χ2n) is 7.03. The molecule has 1 saturated carbocycles. The first-order valence-corrected chi connectivity index (χ1v) is 9.74. The molecule has 3 N–H and O–H groups in total. The molecule has 1 aromatic carbocycles. The highest BCUT2D eigenvalue weighted by atomic mass is 32.1. The highest BCUT2D eigenvalue weighted by molar-refractivity contribution is 7.80. The van der Waals surface area contributed by atoms with Gasteiger partial charge in [-0.2, -0.15) is 0 Å². The van der Waals surface area contributed by atoms with Crippen LogP contribution in [-0.2, 0) is 6.54 Å². The zero-order chi connectivity index (χ0) is 18.7. The van der Waals surface area contributed by atoms with Crippen molar-refractivity contribution >= 4 is 34.3 Å². The molecule has 2 unspecified atom stereocenters. The first kappa shape index (κ1) is 18.6. The smallest absolute Gasteiger partial charge is 0.269 e. The Bertz CT molecular complexity index is 816. The SMILES string of the molecule is CCn1c(C)nc2cc(C(=O)NNC(=S)NC3CCCCC3C)ccc21. The van der Waals surface area contributed by atoms with Gasteiger partial charge in [-0.05, 0) is 63.0 Å². The number of hydrazine groups is 1. The predicted octanol–water partition coefficient (Wildman–Crippen LogP) is 3.05. The summed E-state index contributed by atoms with van der Waals surface area (Å²) in [6.45, 7) is 7.15. The zero-order valence-electron chi connectivity index (χ0n) is 15.6. The van der Waals surface area contributed by atoms with Gasteiger partial charge in [0.1, 0.15) is 5.82 Å². The Morgan fingerprint density at radius 2 is 2.08 bits per heavy atom. The molecule has 140 valence electrons. The van der Waals surface area contributed by atoms with Gasteiger partial charge in [-0.1, -0.05) is 19.8 Å². The van der Waals surface area contributed by atoms with Gasteiger partial charge in [-0.25, -0.2) is 4.98 Å². The van der Waals surface area contributed by atoms with E-state index in [-0.39, 0.29) is 5.91 Å². The second-order valence-corrected chi connectivity index (χ2v) is 7.44. The standard InChI is InChI=1S/C19H27N5OS/c1-4-24-13(3)20-16-11-14(9-10-17(16)24)18(25)22-23-19(26)21-15-8-6-5-7-12(15)2/h9-12,15H,4-8H2,1-3H3,(H,22,25)(H2,21,23,26). The fourth-order valence-corrected chi connectivity index (χ4v) is 3.91. The van der Waals surface area contributed by atoms with Crippen molar-refractivity contribution in [1.29, 1.82) is 0 Å². The van der Waals surface area contributed by atoms with Gasteiger partial charge in [0, 0.05) is 18.2 Å². The Morgan fingerprint density at radius 3 is 2.81 bits per heavy atom. The number of carbonyl (C=O) groups is 1. The van der Waals surface area contributed by atoms with Crippen molar-refractivity contribution < 1.29 is 4.79 Å². The molecule has 2 atom stereocenters. The Kier molecular flexibility index (Phi) is 5.76. The van der Waals surface area contributed by atoms with Crippen LogP contribution in [0.1, 0.15) is 55.7 Å². The largest absolute Gasteiger partial charge is 0.358 e. The summed E-state index contributed by atoms with van der Waals surface area (Å²) in [6, 6.07) is 5.93. The summed E-state index contributed by atoms with van der Waals surface area (Å²) in [5, 5.41) is 3.78. The molecule has 1 aliphatic rings. The maximum Gasteiger partial charge on any atom is 0.269 e. The maximum absolute atomic E-state index is 12.4. The van der Waals surface area contributed by atoms with E-state index in [0.717, 1.165) is 29.8 Å². The number of fused-ring (bicyclic) bond motifs is 1. The van der Waals surface area contributed by atoms with Crippen LogP contribution < -0.4 is 16.2 Å². The summed E-state index contributed by atoms with van der Waals surface area (Å²) in [5.74, 6) is 1.32. The second kappa shape index (κ2) is 8.03.